The molecule has 0 aliphatic heterocycles. The number of para-hydroxylation sites is 1. The van der Waals surface area contributed by atoms with E-state index in [-0.39, 0.29) is 5.69 Å². The molecule has 0 spiro atoms. The molecule has 0 saturated carbocycles. The fraction of sp³-hybridized carbons (Fsp3) is 0.0588. The largest absolute Gasteiger partial charge is 0.295 e. The number of benzene rings is 2. The van der Waals surface area contributed by atoms with E-state index >= 15 is 0 Å². The van der Waals surface area contributed by atoms with Crippen molar-refractivity contribution in [2.24, 2.45) is 5.10 Å². The van der Waals surface area contributed by atoms with Crippen LogP contribution in [0.4, 0.5) is 11.4 Å². The van der Waals surface area contributed by atoms with Crippen molar-refractivity contribution in [2.45, 2.75) is 0 Å². The van der Waals surface area contributed by atoms with Crippen LogP contribution in [0.15, 0.2) is 59.8 Å². The van der Waals surface area contributed by atoms with Crippen molar-refractivity contribution < 1.29 is 4.92 Å². The van der Waals surface area contributed by atoms with Crippen LogP contribution in [0.2, 0.25) is 5.02 Å². The molecule has 0 aliphatic carbocycles. The first-order chi connectivity index (χ1) is 11.6. The number of fused-ring (bicyclic) bond motifs is 1. The van der Waals surface area contributed by atoms with Gasteiger partial charge in [0.1, 0.15) is 5.69 Å². The summed E-state index contributed by atoms with van der Waals surface area (Å²) < 4.78 is 0. The normalized spacial score (nSPS) is 11.1. The summed E-state index contributed by atoms with van der Waals surface area (Å²) >= 11 is 5.83. The Morgan fingerprint density at radius 2 is 2.04 bits per heavy atom. The highest BCUT2D eigenvalue weighted by molar-refractivity contribution is 6.30. The summed E-state index contributed by atoms with van der Waals surface area (Å²) in [5.41, 5.74) is 1.91. The molecular formula is C17H13ClN4O2. The molecule has 2 aromatic carbocycles. The Hall–Kier alpha value is -2.99. The van der Waals surface area contributed by atoms with E-state index in [2.05, 4.69) is 10.1 Å². The lowest BCUT2D eigenvalue weighted by atomic mass is 10.1. The SMILES string of the molecule is CN(N=Cc1cccc2cccnc12)c1ccc(Cl)cc1[N+](=O)[O-]. The zero-order chi connectivity index (χ0) is 17.1. The van der Waals surface area contributed by atoms with Crippen LogP contribution in [0.1, 0.15) is 5.56 Å². The van der Waals surface area contributed by atoms with Crippen LogP contribution in [0.5, 0.6) is 0 Å². The minimum Gasteiger partial charge on any atom is -0.262 e. The average molecular weight is 341 g/mol. The topological polar surface area (TPSA) is 71.6 Å². The minimum absolute atomic E-state index is 0.0989. The van der Waals surface area contributed by atoms with E-state index in [4.69, 9.17) is 11.6 Å². The number of anilines is 1. The molecule has 6 nitrogen and oxygen atoms in total. The third kappa shape index (κ3) is 3.18. The van der Waals surface area contributed by atoms with Gasteiger partial charge in [-0.2, -0.15) is 5.10 Å². The van der Waals surface area contributed by atoms with Gasteiger partial charge in [-0.3, -0.25) is 20.1 Å². The fourth-order valence-corrected chi connectivity index (χ4v) is 2.53. The van der Waals surface area contributed by atoms with Crippen molar-refractivity contribution in [3.8, 4) is 0 Å². The Morgan fingerprint density at radius 3 is 2.83 bits per heavy atom. The van der Waals surface area contributed by atoms with Gasteiger partial charge < -0.3 is 0 Å². The molecule has 0 aliphatic rings. The van der Waals surface area contributed by atoms with Gasteiger partial charge in [-0.15, -0.1) is 0 Å². The summed E-state index contributed by atoms with van der Waals surface area (Å²) in [6, 6.07) is 14.1. The number of hydrazone groups is 1. The Labute approximate surface area is 143 Å². The summed E-state index contributed by atoms with van der Waals surface area (Å²) in [6.45, 7) is 0. The zero-order valence-corrected chi connectivity index (χ0v) is 13.5. The second kappa shape index (κ2) is 6.64. The summed E-state index contributed by atoms with van der Waals surface area (Å²) in [5, 5.41) is 18.2. The Balaban J connectivity index is 1.96. The van der Waals surface area contributed by atoms with Crippen molar-refractivity contribution in [3.05, 3.63) is 75.4 Å². The van der Waals surface area contributed by atoms with Gasteiger partial charge in [0.05, 0.1) is 16.7 Å². The zero-order valence-electron chi connectivity index (χ0n) is 12.8. The minimum atomic E-state index is -0.479. The van der Waals surface area contributed by atoms with Gasteiger partial charge in [-0.1, -0.05) is 35.9 Å². The van der Waals surface area contributed by atoms with Crippen molar-refractivity contribution in [3.63, 3.8) is 0 Å². The maximum atomic E-state index is 11.2. The Kier molecular flexibility index (Phi) is 4.39. The van der Waals surface area contributed by atoms with Crippen LogP contribution in [0.3, 0.4) is 0 Å². The number of halogens is 1. The predicted molar refractivity (Wildman–Crippen MR) is 95.8 cm³/mol. The summed E-state index contributed by atoms with van der Waals surface area (Å²) in [5.74, 6) is 0. The second-order valence-electron chi connectivity index (χ2n) is 5.08. The summed E-state index contributed by atoms with van der Waals surface area (Å²) in [6.07, 6.45) is 3.35. The third-order valence-electron chi connectivity index (χ3n) is 3.52. The van der Waals surface area contributed by atoms with E-state index in [1.807, 2.05) is 30.3 Å². The Morgan fingerprint density at radius 1 is 1.25 bits per heavy atom. The summed E-state index contributed by atoms with van der Waals surface area (Å²) in [4.78, 5) is 15.1. The van der Waals surface area contributed by atoms with Crippen LogP contribution in [-0.4, -0.2) is 23.2 Å². The summed E-state index contributed by atoms with van der Waals surface area (Å²) in [7, 11) is 1.64. The van der Waals surface area contributed by atoms with Gasteiger partial charge in [0, 0.05) is 35.3 Å². The van der Waals surface area contributed by atoms with Gasteiger partial charge in [-0.25, -0.2) is 0 Å². The molecule has 0 N–H and O–H groups in total. The van der Waals surface area contributed by atoms with Crippen LogP contribution in [-0.2, 0) is 0 Å². The van der Waals surface area contributed by atoms with Crippen LogP contribution in [0.25, 0.3) is 10.9 Å². The van der Waals surface area contributed by atoms with E-state index in [1.165, 1.54) is 11.1 Å². The van der Waals surface area contributed by atoms with E-state index in [0.717, 1.165) is 16.5 Å². The smallest absolute Gasteiger partial charge is 0.262 e. The molecule has 120 valence electrons. The number of aromatic nitrogens is 1. The molecule has 7 heteroatoms. The number of hydrogen-bond donors (Lipinski definition) is 0. The number of nitro groups is 1. The molecule has 0 saturated heterocycles. The number of hydrogen-bond acceptors (Lipinski definition) is 5. The average Bonchev–Trinajstić information content (AvgIpc) is 2.59. The first-order valence-electron chi connectivity index (χ1n) is 7.11. The standard InChI is InChI=1S/C17H13ClN4O2/c1-21(15-8-7-14(18)10-16(15)22(23)24)20-11-13-5-2-4-12-6-3-9-19-17(12)13/h2-11H,1H3. The molecule has 0 amide bonds. The second-order valence-corrected chi connectivity index (χ2v) is 5.52. The highest BCUT2D eigenvalue weighted by Crippen LogP contribution is 2.30. The van der Waals surface area contributed by atoms with Crippen molar-refractivity contribution in [1.82, 2.24) is 4.98 Å². The van der Waals surface area contributed by atoms with Crippen molar-refractivity contribution in [1.29, 1.82) is 0 Å². The van der Waals surface area contributed by atoms with Crippen LogP contribution >= 0.6 is 11.6 Å². The van der Waals surface area contributed by atoms with Crippen LogP contribution < -0.4 is 5.01 Å². The molecule has 3 rings (SSSR count). The van der Waals surface area contributed by atoms with Gasteiger partial charge in [0.25, 0.3) is 5.69 Å². The number of nitro benzene ring substituents is 1. The quantitative estimate of drug-likeness (QED) is 0.404. The molecule has 0 radical (unpaired) electrons. The molecule has 24 heavy (non-hydrogen) atoms. The fourth-order valence-electron chi connectivity index (χ4n) is 2.36. The number of rotatable bonds is 4. The van der Waals surface area contributed by atoms with E-state index in [0.29, 0.717) is 10.7 Å². The molecule has 0 bridgehead atoms. The highest BCUT2D eigenvalue weighted by Gasteiger charge is 2.17. The molecule has 1 aromatic heterocycles. The van der Waals surface area contributed by atoms with Gasteiger partial charge in [-0.05, 0) is 18.2 Å². The lowest BCUT2D eigenvalue weighted by Gasteiger charge is -2.13. The third-order valence-corrected chi connectivity index (χ3v) is 3.75. The molecule has 0 atom stereocenters. The van der Waals surface area contributed by atoms with Crippen LogP contribution in [0, 0.1) is 10.1 Å². The first-order valence-corrected chi connectivity index (χ1v) is 7.49. The highest BCUT2D eigenvalue weighted by atomic mass is 35.5. The van der Waals surface area contributed by atoms with E-state index in [9.17, 15) is 10.1 Å². The lowest BCUT2D eigenvalue weighted by molar-refractivity contribution is -0.384. The lowest BCUT2D eigenvalue weighted by Crippen LogP contribution is -2.11. The number of nitrogens with zero attached hydrogens (tertiary/aromatic N) is 4. The maximum Gasteiger partial charge on any atom is 0.295 e. The van der Waals surface area contributed by atoms with Crippen molar-refractivity contribution >= 4 is 40.1 Å². The molecule has 3 aromatic rings. The monoisotopic (exact) mass is 340 g/mol. The number of pyridine rings is 1. The molecule has 0 unspecified atom stereocenters. The van der Waals surface area contributed by atoms with Crippen molar-refractivity contribution in [2.75, 3.05) is 12.1 Å². The van der Waals surface area contributed by atoms with Gasteiger partial charge >= 0.3 is 0 Å². The van der Waals surface area contributed by atoms with E-state index in [1.54, 1.807) is 31.6 Å². The van der Waals surface area contributed by atoms with Gasteiger partial charge in [0.2, 0.25) is 0 Å². The van der Waals surface area contributed by atoms with E-state index < -0.39 is 4.92 Å². The molecular weight excluding hydrogens is 328 g/mol. The first kappa shape index (κ1) is 15.9. The predicted octanol–water partition coefficient (Wildman–Crippen LogP) is 4.27. The van der Waals surface area contributed by atoms with Gasteiger partial charge in [0.15, 0.2) is 0 Å². The molecule has 0 fully saturated rings. The molecule has 1 heterocycles. The Bertz CT molecular complexity index is 938. The maximum absolute atomic E-state index is 11.2.